The van der Waals surface area contributed by atoms with Gasteiger partial charge in [-0.25, -0.2) is 4.98 Å². The van der Waals surface area contributed by atoms with Crippen molar-refractivity contribution in [1.29, 1.82) is 0 Å². The van der Waals surface area contributed by atoms with Gasteiger partial charge in [0.2, 0.25) is 5.91 Å². The fraction of sp³-hybridized carbons (Fsp3) is 0.389. The van der Waals surface area contributed by atoms with E-state index in [9.17, 15) is 9.59 Å². The molecule has 2 heterocycles. The Morgan fingerprint density at radius 3 is 2.96 bits per heavy atom. The van der Waals surface area contributed by atoms with Crippen molar-refractivity contribution in [3.8, 4) is 5.75 Å². The second-order valence-corrected chi connectivity index (χ2v) is 7.10. The van der Waals surface area contributed by atoms with E-state index in [4.69, 9.17) is 4.74 Å². The molecule has 0 unspecified atom stereocenters. The molecule has 0 aliphatic carbocycles. The summed E-state index contributed by atoms with van der Waals surface area (Å²) in [6.45, 7) is 3.10. The zero-order valence-corrected chi connectivity index (χ0v) is 15.2. The highest BCUT2D eigenvalue weighted by Gasteiger charge is 2.22. The smallest absolute Gasteiger partial charge is 0.260 e. The van der Waals surface area contributed by atoms with Gasteiger partial charge >= 0.3 is 0 Å². The van der Waals surface area contributed by atoms with Gasteiger partial charge in [0, 0.05) is 37.1 Å². The molecule has 25 heavy (non-hydrogen) atoms. The van der Waals surface area contributed by atoms with Gasteiger partial charge in [-0.2, -0.15) is 0 Å². The van der Waals surface area contributed by atoms with E-state index in [2.05, 4.69) is 4.98 Å². The van der Waals surface area contributed by atoms with Gasteiger partial charge in [-0.3, -0.25) is 9.59 Å². The highest BCUT2D eigenvalue weighted by atomic mass is 32.1. The van der Waals surface area contributed by atoms with Gasteiger partial charge in [-0.15, -0.1) is 11.3 Å². The Labute approximate surface area is 151 Å². The van der Waals surface area contributed by atoms with Gasteiger partial charge in [0.15, 0.2) is 6.61 Å². The zero-order chi connectivity index (χ0) is 17.8. The van der Waals surface area contributed by atoms with Crippen LogP contribution in [0.4, 0.5) is 5.69 Å². The largest absolute Gasteiger partial charge is 0.484 e. The van der Waals surface area contributed by atoms with Crippen LogP contribution >= 0.6 is 11.3 Å². The molecule has 0 radical (unpaired) electrons. The van der Waals surface area contributed by atoms with Crippen molar-refractivity contribution < 1.29 is 14.3 Å². The minimum Gasteiger partial charge on any atom is -0.484 e. The van der Waals surface area contributed by atoms with E-state index in [1.165, 1.54) is 0 Å². The van der Waals surface area contributed by atoms with Crippen LogP contribution in [0.3, 0.4) is 0 Å². The van der Waals surface area contributed by atoms with Gasteiger partial charge in [-0.05, 0) is 25.5 Å². The molecule has 7 heteroatoms. The summed E-state index contributed by atoms with van der Waals surface area (Å²) in [7, 11) is 1.74. The monoisotopic (exact) mass is 359 g/mol. The average Bonchev–Trinajstić information content (AvgIpc) is 3.21. The molecule has 1 fully saturated rings. The summed E-state index contributed by atoms with van der Waals surface area (Å²) in [5, 5.41) is 2.94. The third kappa shape index (κ3) is 4.36. The SMILES string of the molecule is Cc1nc(CN(C)C(=O)COc2cccc(N3CCCC3=O)c2)cs1. The third-order valence-corrected chi connectivity index (χ3v) is 4.88. The molecule has 1 saturated heterocycles. The number of ether oxygens (including phenoxy) is 1. The fourth-order valence-corrected chi connectivity index (χ4v) is 3.33. The van der Waals surface area contributed by atoms with Crippen LogP contribution in [0.5, 0.6) is 5.75 Å². The highest BCUT2D eigenvalue weighted by Crippen LogP contribution is 2.25. The number of carbonyl (C=O) groups is 2. The van der Waals surface area contributed by atoms with Crippen molar-refractivity contribution in [3.05, 3.63) is 40.3 Å². The lowest BCUT2D eigenvalue weighted by atomic mass is 10.3. The predicted molar refractivity (Wildman–Crippen MR) is 96.8 cm³/mol. The Hall–Kier alpha value is -2.41. The molecule has 3 rings (SSSR count). The van der Waals surface area contributed by atoms with Crippen LogP contribution in [0.25, 0.3) is 0 Å². The molecule has 132 valence electrons. The lowest BCUT2D eigenvalue weighted by molar-refractivity contribution is -0.132. The number of rotatable bonds is 6. The molecule has 1 aromatic carbocycles. The lowest BCUT2D eigenvalue weighted by Crippen LogP contribution is -2.31. The van der Waals surface area contributed by atoms with Gasteiger partial charge in [0.1, 0.15) is 5.75 Å². The number of anilines is 1. The number of thiazole rings is 1. The maximum absolute atomic E-state index is 12.2. The second kappa shape index (κ2) is 7.65. The number of likely N-dealkylation sites (N-methyl/N-ethyl adjacent to an activating group) is 1. The summed E-state index contributed by atoms with van der Waals surface area (Å²) in [4.78, 5) is 31.8. The second-order valence-electron chi connectivity index (χ2n) is 6.04. The summed E-state index contributed by atoms with van der Waals surface area (Å²) < 4.78 is 5.62. The number of carbonyl (C=O) groups excluding carboxylic acids is 2. The molecule has 6 nitrogen and oxygen atoms in total. The van der Waals surface area contributed by atoms with E-state index in [1.54, 1.807) is 40.3 Å². The molecule has 1 aliphatic heterocycles. The van der Waals surface area contributed by atoms with Crippen LogP contribution in [0.2, 0.25) is 0 Å². The minimum absolute atomic E-state index is 0.0446. The maximum atomic E-state index is 12.2. The Bertz CT molecular complexity index is 774. The van der Waals surface area contributed by atoms with E-state index in [1.807, 2.05) is 24.4 Å². The number of benzene rings is 1. The zero-order valence-electron chi connectivity index (χ0n) is 14.4. The van der Waals surface area contributed by atoms with Crippen LogP contribution in [0.1, 0.15) is 23.5 Å². The van der Waals surface area contributed by atoms with E-state index in [-0.39, 0.29) is 18.4 Å². The number of amides is 2. The Morgan fingerprint density at radius 1 is 1.44 bits per heavy atom. The maximum Gasteiger partial charge on any atom is 0.260 e. The summed E-state index contributed by atoms with van der Waals surface area (Å²) in [5.41, 5.74) is 1.70. The van der Waals surface area contributed by atoms with Crippen LogP contribution < -0.4 is 9.64 Å². The Kier molecular flexibility index (Phi) is 5.33. The van der Waals surface area contributed by atoms with E-state index in [0.717, 1.165) is 29.4 Å². The van der Waals surface area contributed by atoms with E-state index in [0.29, 0.717) is 18.7 Å². The first-order chi connectivity index (χ1) is 12.0. The van der Waals surface area contributed by atoms with Crippen molar-refractivity contribution in [2.24, 2.45) is 0 Å². The van der Waals surface area contributed by atoms with Crippen LogP contribution in [-0.4, -0.2) is 41.9 Å². The molecule has 0 bridgehead atoms. The number of nitrogens with zero attached hydrogens (tertiary/aromatic N) is 3. The van der Waals surface area contributed by atoms with Crippen molar-refractivity contribution in [1.82, 2.24) is 9.88 Å². The summed E-state index contributed by atoms with van der Waals surface area (Å²) >= 11 is 1.57. The normalized spacial score (nSPS) is 14.0. The fourth-order valence-electron chi connectivity index (χ4n) is 2.73. The van der Waals surface area contributed by atoms with Crippen molar-refractivity contribution in [2.45, 2.75) is 26.3 Å². The lowest BCUT2D eigenvalue weighted by Gasteiger charge is -2.18. The number of hydrogen-bond acceptors (Lipinski definition) is 5. The standard InChI is InChI=1S/C18H21N3O3S/c1-13-19-14(12-25-13)10-20(2)18(23)11-24-16-6-3-5-15(9-16)21-8-4-7-17(21)22/h3,5-6,9,12H,4,7-8,10-11H2,1-2H3. The van der Waals surface area contributed by atoms with E-state index < -0.39 is 0 Å². The average molecular weight is 359 g/mol. The first-order valence-corrected chi connectivity index (χ1v) is 9.09. The Balaban J connectivity index is 1.55. The molecule has 1 aliphatic rings. The summed E-state index contributed by atoms with van der Waals surface area (Å²) in [5.74, 6) is 0.600. The number of hydrogen-bond donors (Lipinski definition) is 0. The third-order valence-electron chi connectivity index (χ3n) is 4.06. The molecule has 0 N–H and O–H groups in total. The predicted octanol–water partition coefficient (Wildman–Crippen LogP) is 2.62. The number of aryl methyl sites for hydroxylation is 1. The van der Waals surface area contributed by atoms with Crippen molar-refractivity contribution >= 4 is 28.8 Å². The van der Waals surface area contributed by atoms with Crippen LogP contribution in [0.15, 0.2) is 29.6 Å². The topological polar surface area (TPSA) is 62.7 Å². The van der Waals surface area contributed by atoms with Crippen LogP contribution in [0, 0.1) is 6.92 Å². The van der Waals surface area contributed by atoms with Crippen molar-refractivity contribution in [3.63, 3.8) is 0 Å². The number of aromatic nitrogens is 1. The molecule has 0 atom stereocenters. The summed E-state index contributed by atoms with van der Waals surface area (Å²) in [6.07, 6.45) is 1.47. The minimum atomic E-state index is -0.117. The van der Waals surface area contributed by atoms with Gasteiger partial charge in [0.05, 0.1) is 17.2 Å². The van der Waals surface area contributed by atoms with E-state index >= 15 is 0 Å². The Morgan fingerprint density at radius 2 is 2.28 bits per heavy atom. The first-order valence-electron chi connectivity index (χ1n) is 8.21. The molecule has 2 amide bonds. The highest BCUT2D eigenvalue weighted by molar-refractivity contribution is 7.09. The van der Waals surface area contributed by atoms with Gasteiger partial charge in [0.25, 0.3) is 5.91 Å². The molecular formula is C18H21N3O3S. The van der Waals surface area contributed by atoms with Crippen LogP contribution in [-0.2, 0) is 16.1 Å². The van der Waals surface area contributed by atoms with Gasteiger partial charge in [-0.1, -0.05) is 6.07 Å². The van der Waals surface area contributed by atoms with Crippen molar-refractivity contribution in [2.75, 3.05) is 25.1 Å². The quantitative estimate of drug-likeness (QED) is 0.795. The molecule has 0 spiro atoms. The van der Waals surface area contributed by atoms with Gasteiger partial charge < -0.3 is 14.5 Å². The summed E-state index contributed by atoms with van der Waals surface area (Å²) in [6, 6.07) is 7.32. The molecule has 2 aromatic rings. The molecular weight excluding hydrogens is 338 g/mol. The molecule has 0 saturated carbocycles. The first kappa shape index (κ1) is 17.4. The molecule has 1 aromatic heterocycles.